The molecular weight excluding hydrogens is 287 g/mol. The van der Waals surface area contributed by atoms with Crippen molar-refractivity contribution in [3.8, 4) is 0 Å². The van der Waals surface area contributed by atoms with E-state index in [0.29, 0.717) is 0 Å². The normalized spacial score (nSPS) is 11.5. The molecule has 0 aromatic rings. The molecule has 19 heavy (non-hydrogen) atoms. The molecule has 0 aromatic heterocycles. The van der Waals surface area contributed by atoms with Gasteiger partial charge in [0.15, 0.2) is 5.25 Å². The third kappa shape index (κ3) is 15.8. The quantitative estimate of drug-likeness (QED) is 0.219. The number of carboxylic acid groups (broad SMARTS) is 2. The number of aliphatic carboxylic acids is 2. The van der Waals surface area contributed by atoms with E-state index in [1.807, 2.05) is 0 Å². The zero-order valence-corrected chi connectivity index (χ0v) is 14.0. The van der Waals surface area contributed by atoms with Gasteiger partial charge in [0.2, 0.25) is 0 Å². The molecule has 0 aliphatic carbocycles. The van der Waals surface area contributed by atoms with Crippen LogP contribution in [0.5, 0.6) is 0 Å². The van der Waals surface area contributed by atoms with Crippen LogP contribution in [0, 0.1) is 6.92 Å². The summed E-state index contributed by atoms with van der Waals surface area (Å²) in [7, 11) is -4.84. The van der Waals surface area contributed by atoms with Crippen LogP contribution in [0.1, 0.15) is 39.0 Å². The summed E-state index contributed by atoms with van der Waals surface area (Å²) in [6.07, 6.45) is 3.91. The molecule has 0 spiro atoms. The monoisotopic (exact) mass is 306 g/mol. The van der Waals surface area contributed by atoms with Gasteiger partial charge in [-0.1, -0.05) is 26.2 Å². The van der Waals surface area contributed by atoms with E-state index < -0.39 is 33.7 Å². The van der Waals surface area contributed by atoms with Crippen LogP contribution >= 0.6 is 0 Å². The maximum Gasteiger partial charge on any atom is 1.00 e. The van der Waals surface area contributed by atoms with Crippen molar-refractivity contribution in [3.63, 3.8) is 0 Å². The Morgan fingerprint density at radius 3 is 1.79 bits per heavy atom. The summed E-state index contributed by atoms with van der Waals surface area (Å²) in [5, 5.41) is 13.9. The molecule has 9 heteroatoms. The van der Waals surface area contributed by atoms with Gasteiger partial charge in [-0.25, -0.2) is 0 Å². The van der Waals surface area contributed by atoms with Crippen molar-refractivity contribution in [1.82, 2.24) is 0 Å². The van der Waals surface area contributed by atoms with E-state index in [1.54, 1.807) is 0 Å². The fourth-order valence-corrected chi connectivity index (χ4v) is 1.51. The number of rotatable bonds is 7. The predicted molar refractivity (Wildman–Crippen MR) is 64.7 cm³/mol. The Bertz CT molecular complexity index is 349. The van der Waals surface area contributed by atoms with Crippen LogP contribution in [-0.4, -0.2) is 40.4 Å². The van der Waals surface area contributed by atoms with Gasteiger partial charge in [0.05, 0.1) is 6.42 Å². The molecule has 0 amide bonds. The molecule has 0 radical (unpaired) electrons. The van der Waals surface area contributed by atoms with Gasteiger partial charge < -0.3 is 17.1 Å². The molecule has 0 saturated carbocycles. The first-order chi connectivity index (χ1) is 8.16. The molecule has 3 N–H and O–H groups in total. The zero-order valence-electron chi connectivity index (χ0n) is 11.2. The molecule has 0 aliphatic rings. The van der Waals surface area contributed by atoms with Crippen molar-refractivity contribution in [3.05, 3.63) is 6.92 Å². The third-order valence-corrected chi connectivity index (χ3v) is 2.94. The standard InChI is InChI=1S/C6H13.C4H6O7S.Na/c1-3-5-6-4-2;5-3(6)1-2(4(7)8)12(9,10)11;/h1,3-6H2,2H3;2H,1H2,(H,5,6)(H,7,8)(H,9,10,11);/q-1;;+1. The molecule has 1 unspecified atom stereocenters. The fourth-order valence-electron chi connectivity index (χ4n) is 0.905. The second-order valence-electron chi connectivity index (χ2n) is 3.50. The second-order valence-corrected chi connectivity index (χ2v) is 5.10. The second kappa shape index (κ2) is 12.9. The summed E-state index contributed by atoms with van der Waals surface area (Å²) < 4.78 is 28.7. The minimum Gasteiger partial charge on any atom is -0.481 e. The fraction of sp³-hybridized carbons (Fsp3) is 0.700. The average Bonchev–Trinajstić information content (AvgIpc) is 2.21. The van der Waals surface area contributed by atoms with E-state index in [1.165, 1.54) is 19.3 Å². The summed E-state index contributed by atoms with van der Waals surface area (Å²) in [5.74, 6) is -3.50. The van der Waals surface area contributed by atoms with Crippen molar-refractivity contribution >= 4 is 22.1 Å². The molecule has 0 heterocycles. The summed E-state index contributed by atoms with van der Waals surface area (Å²) in [6, 6.07) is 0. The molecule has 7 nitrogen and oxygen atoms in total. The van der Waals surface area contributed by atoms with Crippen LogP contribution < -0.4 is 29.6 Å². The molecule has 0 fully saturated rings. The summed E-state index contributed by atoms with van der Waals surface area (Å²) in [6.45, 7) is 5.93. The van der Waals surface area contributed by atoms with E-state index in [-0.39, 0.29) is 29.6 Å². The third-order valence-electron chi connectivity index (χ3n) is 1.85. The summed E-state index contributed by atoms with van der Waals surface area (Å²) in [5.41, 5.74) is 0. The smallest absolute Gasteiger partial charge is 0.481 e. The Kier molecular flexibility index (Phi) is 16.2. The first kappa shape index (κ1) is 23.9. The SMILES string of the molecule is O=C(O)CC(C(=O)O)S(=O)(=O)O.[CH2-]CCCCC.[Na+]. The van der Waals surface area contributed by atoms with Crippen LogP contribution in [0.3, 0.4) is 0 Å². The first-order valence-corrected chi connectivity index (χ1v) is 6.87. The van der Waals surface area contributed by atoms with E-state index in [0.717, 1.165) is 6.42 Å². The van der Waals surface area contributed by atoms with Gasteiger partial charge in [-0.05, 0) is 0 Å². The van der Waals surface area contributed by atoms with Crippen molar-refractivity contribution in [1.29, 1.82) is 0 Å². The summed E-state index contributed by atoms with van der Waals surface area (Å²) >= 11 is 0. The van der Waals surface area contributed by atoms with Crippen molar-refractivity contribution in [2.24, 2.45) is 0 Å². The molecule has 108 valence electrons. The van der Waals surface area contributed by atoms with E-state index in [2.05, 4.69) is 13.8 Å². The van der Waals surface area contributed by atoms with Crippen LogP contribution in [-0.2, 0) is 19.7 Å². The zero-order chi connectivity index (χ0) is 14.8. The number of hydrogen-bond donors (Lipinski definition) is 3. The molecule has 0 rings (SSSR count). The largest absolute Gasteiger partial charge is 1.00 e. The number of carboxylic acids is 2. The topological polar surface area (TPSA) is 129 Å². The maximum absolute atomic E-state index is 10.2. The van der Waals surface area contributed by atoms with Crippen molar-refractivity contribution in [2.45, 2.75) is 44.3 Å². The Balaban J connectivity index is -0.000000313. The Morgan fingerprint density at radius 1 is 1.21 bits per heavy atom. The number of hydrogen-bond acceptors (Lipinski definition) is 4. The van der Waals surface area contributed by atoms with Gasteiger partial charge in [-0.2, -0.15) is 14.8 Å². The molecular formula is C10H19NaO7S. The van der Waals surface area contributed by atoms with Gasteiger partial charge in [-0.3, -0.25) is 14.1 Å². The molecule has 0 aliphatic heterocycles. The van der Waals surface area contributed by atoms with Gasteiger partial charge >= 0.3 is 41.5 Å². The average molecular weight is 306 g/mol. The minimum absolute atomic E-state index is 0. The van der Waals surface area contributed by atoms with Gasteiger partial charge in [0.1, 0.15) is 0 Å². The van der Waals surface area contributed by atoms with Gasteiger partial charge in [0, 0.05) is 0 Å². The molecule has 0 bridgehead atoms. The molecule has 1 atom stereocenters. The Morgan fingerprint density at radius 2 is 1.68 bits per heavy atom. The molecule has 0 aromatic carbocycles. The predicted octanol–water partition coefficient (Wildman–Crippen LogP) is -1.79. The van der Waals surface area contributed by atoms with Crippen molar-refractivity contribution in [2.75, 3.05) is 0 Å². The van der Waals surface area contributed by atoms with Crippen LogP contribution in [0.2, 0.25) is 0 Å². The minimum atomic E-state index is -4.84. The van der Waals surface area contributed by atoms with Crippen molar-refractivity contribution < 1.29 is 62.3 Å². The van der Waals surface area contributed by atoms with E-state index in [9.17, 15) is 18.0 Å². The first-order valence-electron chi connectivity index (χ1n) is 5.36. The molecule has 0 saturated heterocycles. The Labute approximate surface area is 135 Å². The van der Waals surface area contributed by atoms with Crippen LogP contribution in [0.15, 0.2) is 0 Å². The van der Waals surface area contributed by atoms with Crippen LogP contribution in [0.4, 0.5) is 0 Å². The maximum atomic E-state index is 10.2. The Hall–Kier alpha value is -0.150. The van der Waals surface area contributed by atoms with E-state index >= 15 is 0 Å². The summed E-state index contributed by atoms with van der Waals surface area (Å²) in [4.78, 5) is 20.0. The number of carbonyl (C=O) groups is 2. The van der Waals surface area contributed by atoms with Gasteiger partial charge in [0.25, 0.3) is 10.1 Å². The number of unbranched alkanes of at least 4 members (excludes halogenated alkanes) is 3. The van der Waals surface area contributed by atoms with Gasteiger partial charge in [-0.15, -0.1) is 0 Å². The van der Waals surface area contributed by atoms with Crippen LogP contribution in [0.25, 0.3) is 0 Å². The van der Waals surface area contributed by atoms with E-state index in [4.69, 9.17) is 14.8 Å².